The van der Waals surface area contributed by atoms with E-state index in [1.54, 1.807) is 0 Å². The van der Waals surface area contributed by atoms with Gasteiger partial charge in [-0.05, 0) is 29.4 Å². The van der Waals surface area contributed by atoms with Crippen molar-refractivity contribution in [3.05, 3.63) is 42.0 Å². The summed E-state index contributed by atoms with van der Waals surface area (Å²) < 4.78 is 0. The number of hydrogen-bond acceptors (Lipinski definition) is 1. The molecule has 92 valence electrons. The van der Waals surface area contributed by atoms with E-state index in [4.69, 9.17) is 0 Å². The van der Waals surface area contributed by atoms with Gasteiger partial charge in [0, 0.05) is 5.92 Å². The fourth-order valence-corrected chi connectivity index (χ4v) is 2.70. The lowest BCUT2D eigenvalue weighted by atomic mass is 9.83. The van der Waals surface area contributed by atoms with Gasteiger partial charge < -0.3 is 5.11 Å². The summed E-state index contributed by atoms with van der Waals surface area (Å²) in [6, 6.07) is 10.4. The summed E-state index contributed by atoms with van der Waals surface area (Å²) in [5.74, 6) is 1.13. The van der Waals surface area contributed by atoms with E-state index in [0.717, 1.165) is 6.42 Å². The molecule has 0 unspecified atom stereocenters. The molecular formula is C16H22O. The van der Waals surface area contributed by atoms with Gasteiger partial charge in [0.15, 0.2) is 0 Å². The molecule has 1 aliphatic carbocycles. The monoisotopic (exact) mass is 230 g/mol. The third-order valence-electron chi connectivity index (χ3n) is 4.26. The van der Waals surface area contributed by atoms with Crippen LogP contribution in [0.3, 0.4) is 0 Å². The maximum Gasteiger partial charge on any atom is 0.0634 e. The van der Waals surface area contributed by atoms with E-state index in [9.17, 15) is 5.11 Å². The molecule has 1 aromatic carbocycles. The van der Waals surface area contributed by atoms with Gasteiger partial charge in [-0.2, -0.15) is 0 Å². The van der Waals surface area contributed by atoms with Crippen LogP contribution in [-0.4, -0.2) is 11.2 Å². The summed E-state index contributed by atoms with van der Waals surface area (Å²) in [4.78, 5) is 0. The van der Waals surface area contributed by atoms with Crippen LogP contribution in [0.2, 0.25) is 0 Å². The quantitative estimate of drug-likeness (QED) is 0.779. The Hall–Kier alpha value is -1.08. The molecule has 1 aliphatic rings. The zero-order valence-corrected chi connectivity index (χ0v) is 10.9. The average molecular weight is 230 g/mol. The molecule has 0 spiro atoms. The summed E-state index contributed by atoms with van der Waals surface area (Å²) in [7, 11) is 0. The summed E-state index contributed by atoms with van der Waals surface area (Å²) in [5.41, 5.74) is 2.55. The highest BCUT2D eigenvalue weighted by molar-refractivity contribution is 5.68. The largest absolute Gasteiger partial charge is 0.392 e. The van der Waals surface area contributed by atoms with Crippen LogP contribution in [0.4, 0.5) is 0 Å². The van der Waals surface area contributed by atoms with Gasteiger partial charge in [0.05, 0.1) is 6.10 Å². The summed E-state index contributed by atoms with van der Waals surface area (Å²) in [6.45, 7) is 6.52. The van der Waals surface area contributed by atoms with Gasteiger partial charge in [-0.3, -0.25) is 0 Å². The predicted molar refractivity (Wildman–Crippen MR) is 72.5 cm³/mol. The van der Waals surface area contributed by atoms with Crippen molar-refractivity contribution in [3.8, 4) is 0 Å². The zero-order chi connectivity index (χ0) is 12.4. The van der Waals surface area contributed by atoms with Crippen molar-refractivity contribution in [1.29, 1.82) is 0 Å². The first-order valence-electron chi connectivity index (χ1n) is 6.54. The number of aliphatic hydroxyl groups excluding tert-OH is 1. The maximum atomic E-state index is 10.4. The Kier molecular flexibility index (Phi) is 3.68. The Morgan fingerprint density at radius 2 is 1.71 bits per heavy atom. The van der Waals surface area contributed by atoms with Crippen molar-refractivity contribution in [2.24, 2.45) is 17.8 Å². The molecule has 0 fully saturated rings. The fourth-order valence-electron chi connectivity index (χ4n) is 2.70. The van der Waals surface area contributed by atoms with Gasteiger partial charge in [-0.1, -0.05) is 57.2 Å². The summed E-state index contributed by atoms with van der Waals surface area (Å²) >= 11 is 0. The van der Waals surface area contributed by atoms with Gasteiger partial charge in [0.25, 0.3) is 0 Å². The van der Waals surface area contributed by atoms with Crippen molar-refractivity contribution < 1.29 is 5.11 Å². The molecule has 0 aliphatic heterocycles. The Bertz CT molecular complexity index is 393. The SMILES string of the molecule is C[C@@H]1[C@@H](O)[C@H](C)C(c2ccccc2)=CC[C@H]1C. The lowest BCUT2D eigenvalue weighted by molar-refractivity contribution is 0.0647. The van der Waals surface area contributed by atoms with Crippen molar-refractivity contribution in [1.82, 2.24) is 0 Å². The molecule has 0 heterocycles. The van der Waals surface area contributed by atoms with Crippen molar-refractivity contribution >= 4 is 5.57 Å². The molecule has 4 atom stereocenters. The molecule has 1 aromatic rings. The highest BCUT2D eigenvalue weighted by atomic mass is 16.3. The number of hydrogen-bond donors (Lipinski definition) is 1. The molecule has 0 saturated carbocycles. The minimum atomic E-state index is -0.237. The van der Waals surface area contributed by atoms with E-state index >= 15 is 0 Å². The van der Waals surface area contributed by atoms with Gasteiger partial charge in [-0.25, -0.2) is 0 Å². The van der Waals surface area contributed by atoms with Gasteiger partial charge in [0.1, 0.15) is 0 Å². The van der Waals surface area contributed by atoms with Crippen LogP contribution in [0.25, 0.3) is 5.57 Å². The van der Waals surface area contributed by atoms with E-state index in [1.807, 2.05) is 6.07 Å². The molecule has 17 heavy (non-hydrogen) atoms. The highest BCUT2D eigenvalue weighted by Crippen LogP contribution is 2.36. The molecule has 0 radical (unpaired) electrons. The van der Waals surface area contributed by atoms with E-state index in [2.05, 4.69) is 51.1 Å². The van der Waals surface area contributed by atoms with Crippen LogP contribution in [-0.2, 0) is 0 Å². The van der Waals surface area contributed by atoms with Crippen LogP contribution in [0, 0.1) is 17.8 Å². The number of benzene rings is 1. The summed E-state index contributed by atoms with van der Waals surface area (Å²) in [5, 5.41) is 10.4. The average Bonchev–Trinajstić information content (AvgIpc) is 2.45. The highest BCUT2D eigenvalue weighted by Gasteiger charge is 2.30. The lowest BCUT2D eigenvalue weighted by Gasteiger charge is -2.27. The molecule has 2 rings (SSSR count). The second kappa shape index (κ2) is 5.05. The first-order chi connectivity index (χ1) is 8.11. The van der Waals surface area contributed by atoms with Gasteiger partial charge in [-0.15, -0.1) is 0 Å². The molecule has 1 N–H and O–H groups in total. The molecule has 1 heteroatoms. The van der Waals surface area contributed by atoms with Crippen molar-refractivity contribution in [2.45, 2.75) is 33.3 Å². The minimum Gasteiger partial charge on any atom is -0.392 e. The Balaban J connectivity index is 2.34. The third kappa shape index (κ3) is 2.44. The number of aliphatic hydroxyl groups is 1. The van der Waals surface area contributed by atoms with Gasteiger partial charge >= 0.3 is 0 Å². The fraction of sp³-hybridized carbons (Fsp3) is 0.500. The zero-order valence-electron chi connectivity index (χ0n) is 10.9. The van der Waals surface area contributed by atoms with Crippen LogP contribution in [0.15, 0.2) is 36.4 Å². The molecule has 0 saturated heterocycles. The lowest BCUT2D eigenvalue weighted by Crippen LogP contribution is -2.28. The van der Waals surface area contributed by atoms with Crippen LogP contribution in [0.5, 0.6) is 0 Å². The number of allylic oxidation sites excluding steroid dienone is 1. The van der Waals surface area contributed by atoms with Crippen LogP contribution >= 0.6 is 0 Å². The van der Waals surface area contributed by atoms with Crippen LogP contribution < -0.4 is 0 Å². The van der Waals surface area contributed by atoms with Crippen molar-refractivity contribution in [3.63, 3.8) is 0 Å². The number of rotatable bonds is 1. The first kappa shape index (κ1) is 12.4. The Morgan fingerprint density at radius 3 is 2.35 bits per heavy atom. The van der Waals surface area contributed by atoms with Crippen molar-refractivity contribution in [2.75, 3.05) is 0 Å². The first-order valence-corrected chi connectivity index (χ1v) is 6.54. The van der Waals surface area contributed by atoms with E-state index in [0.29, 0.717) is 11.8 Å². The Labute approximate surface area is 104 Å². The predicted octanol–water partition coefficient (Wildman–Crippen LogP) is 3.74. The molecule has 0 bridgehead atoms. The smallest absolute Gasteiger partial charge is 0.0634 e. The van der Waals surface area contributed by atoms with Gasteiger partial charge in [0.2, 0.25) is 0 Å². The maximum absolute atomic E-state index is 10.4. The normalized spacial score (nSPS) is 34.0. The molecule has 1 nitrogen and oxygen atoms in total. The van der Waals surface area contributed by atoms with E-state index in [-0.39, 0.29) is 12.0 Å². The van der Waals surface area contributed by atoms with E-state index < -0.39 is 0 Å². The van der Waals surface area contributed by atoms with Crippen LogP contribution in [0.1, 0.15) is 32.8 Å². The molecule has 0 aromatic heterocycles. The third-order valence-corrected chi connectivity index (χ3v) is 4.26. The standard InChI is InChI=1S/C16H22O/c1-11-9-10-15(13(3)16(17)12(11)2)14-7-5-4-6-8-14/h4-8,10-13,16-17H,9H2,1-3H3/t11-,12+,13-,16-/m1/s1. The molecular weight excluding hydrogens is 208 g/mol. The second-order valence-electron chi connectivity index (χ2n) is 5.38. The van der Waals surface area contributed by atoms with E-state index in [1.165, 1.54) is 11.1 Å². The molecule has 0 amide bonds. The summed E-state index contributed by atoms with van der Waals surface area (Å²) in [6.07, 6.45) is 3.14. The topological polar surface area (TPSA) is 20.2 Å². The second-order valence-corrected chi connectivity index (χ2v) is 5.38. The Morgan fingerprint density at radius 1 is 1.06 bits per heavy atom. The minimum absolute atomic E-state index is 0.220.